The van der Waals surface area contributed by atoms with Crippen molar-refractivity contribution in [2.75, 3.05) is 0 Å². The lowest BCUT2D eigenvalue weighted by atomic mass is 9.89. The predicted octanol–water partition coefficient (Wildman–Crippen LogP) is 1.29. The number of aliphatic hydroxyl groups is 1. The van der Waals surface area contributed by atoms with Crippen LogP contribution in [-0.2, 0) is 6.54 Å². The molecular weight excluding hydrogens is 190 g/mol. The maximum Gasteiger partial charge on any atom is 0.0746 e. The first kappa shape index (κ1) is 12.2. The van der Waals surface area contributed by atoms with E-state index in [1.54, 1.807) is 6.20 Å². The first-order valence-electron chi connectivity index (χ1n) is 5.35. The zero-order chi connectivity index (χ0) is 11.5. The summed E-state index contributed by atoms with van der Waals surface area (Å²) in [5.74, 6) is 0.382. The molecule has 0 amide bonds. The fourth-order valence-corrected chi connectivity index (χ4v) is 1.90. The molecule has 0 aliphatic carbocycles. The molecule has 0 bridgehead atoms. The van der Waals surface area contributed by atoms with Crippen LogP contribution in [0.1, 0.15) is 33.4 Å². The summed E-state index contributed by atoms with van der Waals surface area (Å²) in [5.41, 5.74) is 0.318. The monoisotopic (exact) mass is 211 g/mol. The van der Waals surface area contributed by atoms with Gasteiger partial charge in [0.25, 0.3) is 0 Å². The number of nitrogens with zero attached hydrogens (tertiary/aromatic N) is 1. The Kier molecular flexibility index (Phi) is 3.88. The number of aromatic amines is 1. The highest BCUT2D eigenvalue weighted by Gasteiger charge is 2.28. The van der Waals surface area contributed by atoms with Gasteiger partial charge in [-0.25, -0.2) is 0 Å². The molecule has 1 heterocycles. The normalized spacial score (nSPS) is 14.5. The summed E-state index contributed by atoms with van der Waals surface area (Å²) in [6.07, 6.45) is 1.73. The van der Waals surface area contributed by atoms with Gasteiger partial charge in [-0.05, 0) is 25.8 Å². The Morgan fingerprint density at radius 2 is 2.20 bits per heavy atom. The molecule has 0 unspecified atom stereocenters. The van der Waals surface area contributed by atoms with E-state index < -0.39 is 5.60 Å². The second kappa shape index (κ2) is 4.77. The van der Waals surface area contributed by atoms with E-state index in [0.717, 1.165) is 5.69 Å². The first-order valence-corrected chi connectivity index (χ1v) is 5.35. The predicted molar refractivity (Wildman–Crippen MR) is 60.4 cm³/mol. The van der Waals surface area contributed by atoms with Gasteiger partial charge in [-0.1, -0.05) is 13.8 Å². The smallest absolute Gasteiger partial charge is 0.0746 e. The van der Waals surface area contributed by atoms with E-state index in [4.69, 9.17) is 0 Å². The van der Waals surface area contributed by atoms with Crippen LogP contribution in [0.4, 0.5) is 0 Å². The van der Waals surface area contributed by atoms with E-state index in [-0.39, 0.29) is 6.04 Å². The van der Waals surface area contributed by atoms with Crippen molar-refractivity contribution in [1.82, 2.24) is 15.5 Å². The zero-order valence-corrected chi connectivity index (χ0v) is 9.91. The van der Waals surface area contributed by atoms with Crippen molar-refractivity contribution in [2.45, 2.75) is 45.9 Å². The molecule has 0 aliphatic rings. The van der Waals surface area contributed by atoms with Gasteiger partial charge in [-0.15, -0.1) is 0 Å². The number of hydrogen-bond donors (Lipinski definition) is 3. The molecule has 3 N–H and O–H groups in total. The van der Waals surface area contributed by atoms with E-state index in [1.807, 2.05) is 19.9 Å². The van der Waals surface area contributed by atoms with E-state index in [2.05, 4.69) is 29.4 Å². The molecule has 1 aromatic rings. The van der Waals surface area contributed by atoms with E-state index >= 15 is 0 Å². The molecular formula is C11H21N3O. The van der Waals surface area contributed by atoms with Crippen LogP contribution in [0, 0.1) is 5.92 Å². The van der Waals surface area contributed by atoms with Gasteiger partial charge in [0.05, 0.1) is 5.60 Å². The molecule has 1 rings (SSSR count). The van der Waals surface area contributed by atoms with Crippen molar-refractivity contribution >= 4 is 0 Å². The minimum absolute atomic E-state index is 0.0702. The summed E-state index contributed by atoms with van der Waals surface area (Å²) in [7, 11) is 0. The summed E-state index contributed by atoms with van der Waals surface area (Å²) in [6.45, 7) is 8.56. The molecule has 4 nitrogen and oxygen atoms in total. The van der Waals surface area contributed by atoms with Gasteiger partial charge < -0.3 is 10.4 Å². The number of rotatable bonds is 5. The molecule has 1 aromatic heterocycles. The highest BCUT2D eigenvalue weighted by Crippen LogP contribution is 2.16. The van der Waals surface area contributed by atoms with Crippen LogP contribution in [0.3, 0.4) is 0 Å². The van der Waals surface area contributed by atoms with E-state index in [9.17, 15) is 5.11 Å². The van der Waals surface area contributed by atoms with Crippen molar-refractivity contribution in [3.05, 3.63) is 18.0 Å². The fraction of sp³-hybridized carbons (Fsp3) is 0.727. The summed E-state index contributed by atoms with van der Waals surface area (Å²) >= 11 is 0. The maximum atomic E-state index is 9.99. The minimum Gasteiger partial charge on any atom is -0.389 e. The lowest BCUT2D eigenvalue weighted by Crippen LogP contribution is -2.49. The van der Waals surface area contributed by atoms with Crippen molar-refractivity contribution < 1.29 is 5.11 Å². The Bertz CT molecular complexity index is 275. The van der Waals surface area contributed by atoms with Gasteiger partial charge >= 0.3 is 0 Å². The molecule has 86 valence electrons. The third-order valence-electron chi connectivity index (χ3n) is 2.50. The van der Waals surface area contributed by atoms with Crippen molar-refractivity contribution in [3.8, 4) is 0 Å². The molecule has 0 aromatic carbocycles. The van der Waals surface area contributed by atoms with Crippen LogP contribution in [-0.4, -0.2) is 26.9 Å². The Balaban J connectivity index is 2.53. The van der Waals surface area contributed by atoms with Crippen LogP contribution in [0.15, 0.2) is 12.3 Å². The largest absolute Gasteiger partial charge is 0.389 e. The van der Waals surface area contributed by atoms with Gasteiger partial charge in [0.15, 0.2) is 0 Å². The van der Waals surface area contributed by atoms with Gasteiger partial charge in [0, 0.05) is 24.5 Å². The molecule has 15 heavy (non-hydrogen) atoms. The molecule has 1 atom stereocenters. The van der Waals surface area contributed by atoms with Gasteiger partial charge in [-0.2, -0.15) is 5.10 Å². The van der Waals surface area contributed by atoms with Crippen LogP contribution in [0.2, 0.25) is 0 Å². The van der Waals surface area contributed by atoms with Gasteiger partial charge in [0.1, 0.15) is 0 Å². The second-order valence-corrected chi connectivity index (χ2v) is 4.84. The van der Waals surface area contributed by atoms with Crippen LogP contribution in [0.5, 0.6) is 0 Å². The Morgan fingerprint density at radius 1 is 1.53 bits per heavy atom. The molecule has 0 aliphatic heterocycles. The van der Waals surface area contributed by atoms with Crippen molar-refractivity contribution in [3.63, 3.8) is 0 Å². The fourth-order valence-electron chi connectivity index (χ4n) is 1.90. The second-order valence-electron chi connectivity index (χ2n) is 4.84. The number of nitrogens with one attached hydrogen (secondary N) is 2. The van der Waals surface area contributed by atoms with Crippen molar-refractivity contribution in [2.24, 2.45) is 5.92 Å². The summed E-state index contributed by atoms with van der Waals surface area (Å²) < 4.78 is 0. The molecule has 0 fully saturated rings. The molecule has 0 saturated heterocycles. The molecule has 4 heteroatoms. The van der Waals surface area contributed by atoms with Gasteiger partial charge in [0.2, 0.25) is 0 Å². The maximum absolute atomic E-state index is 9.99. The summed E-state index contributed by atoms with van der Waals surface area (Å²) in [4.78, 5) is 0. The highest BCUT2D eigenvalue weighted by molar-refractivity contribution is 4.98. The van der Waals surface area contributed by atoms with E-state index in [0.29, 0.717) is 12.5 Å². The molecule has 0 radical (unpaired) electrons. The van der Waals surface area contributed by atoms with Gasteiger partial charge in [-0.3, -0.25) is 5.10 Å². The average molecular weight is 211 g/mol. The Labute approximate surface area is 91.1 Å². The Morgan fingerprint density at radius 3 is 2.60 bits per heavy atom. The van der Waals surface area contributed by atoms with Crippen LogP contribution >= 0.6 is 0 Å². The minimum atomic E-state index is -0.714. The Hall–Kier alpha value is -0.870. The summed E-state index contributed by atoms with van der Waals surface area (Å²) in [5, 5.41) is 20.1. The lowest BCUT2D eigenvalue weighted by Gasteiger charge is -2.33. The van der Waals surface area contributed by atoms with Crippen molar-refractivity contribution in [1.29, 1.82) is 0 Å². The van der Waals surface area contributed by atoms with Crippen LogP contribution in [0.25, 0.3) is 0 Å². The topological polar surface area (TPSA) is 60.9 Å². The summed E-state index contributed by atoms with van der Waals surface area (Å²) in [6, 6.07) is 2.00. The number of hydrogen-bond acceptors (Lipinski definition) is 3. The first-order chi connectivity index (χ1) is 6.91. The van der Waals surface area contributed by atoms with E-state index in [1.165, 1.54) is 0 Å². The van der Waals surface area contributed by atoms with Crippen LogP contribution < -0.4 is 5.32 Å². The third-order valence-corrected chi connectivity index (χ3v) is 2.50. The quantitative estimate of drug-likeness (QED) is 0.688. The average Bonchev–Trinajstić information content (AvgIpc) is 2.53. The highest BCUT2D eigenvalue weighted by atomic mass is 16.3. The lowest BCUT2D eigenvalue weighted by molar-refractivity contribution is 0.0193. The molecule has 0 spiro atoms. The standard InChI is InChI=1S/C11H21N3O/c1-8(2)10(11(3,4)15)12-7-9-5-6-13-14-9/h5-6,8,10,12,15H,7H2,1-4H3,(H,13,14)/t10-/m0/s1. The molecule has 0 saturated carbocycles. The number of aromatic nitrogens is 2. The zero-order valence-electron chi connectivity index (χ0n) is 9.91. The third kappa shape index (κ3) is 3.64. The SMILES string of the molecule is CC(C)[C@H](NCc1ccn[nH]1)C(C)(C)O. The number of H-pyrrole nitrogens is 1.